The molecular weight excluding hydrogens is 196 g/mol. The van der Waals surface area contributed by atoms with Crippen molar-refractivity contribution in [1.82, 2.24) is 5.32 Å². The molecule has 0 saturated heterocycles. The molecule has 0 radical (unpaired) electrons. The summed E-state index contributed by atoms with van der Waals surface area (Å²) in [6.07, 6.45) is 0.491. The number of rotatable bonds is 7. The highest BCUT2D eigenvalue weighted by molar-refractivity contribution is 5.79. The summed E-state index contributed by atoms with van der Waals surface area (Å²) in [4.78, 5) is 11.6. The monoisotopic (exact) mass is 218 g/mol. The number of aliphatic hydroxyl groups excluding tert-OH is 1. The normalized spacial score (nSPS) is 16.9. The zero-order chi connectivity index (χ0) is 11.8. The molecule has 0 heterocycles. The summed E-state index contributed by atoms with van der Waals surface area (Å²) in [7, 11) is 1.56. The molecule has 1 amide bonds. The fourth-order valence-electron chi connectivity index (χ4n) is 1.13. The second kappa shape index (κ2) is 7.62. The number of methoxy groups -OCH3 is 1. The number of aliphatic hydroxyl groups is 1. The zero-order valence-electron chi connectivity index (χ0n) is 9.69. The smallest absolute Gasteiger partial charge is 0.224 e. The molecule has 0 fully saturated rings. The molecule has 15 heavy (non-hydrogen) atoms. The molecule has 3 atom stereocenters. The van der Waals surface area contributed by atoms with Crippen molar-refractivity contribution in [2.45, 2.75) is 32.4 Å². The van der Waals surface area contributed by atoms with Crippen LogP contribution in [0.15, 0.2) is 0 Å². The molecule has 0 aromatic rings. The molecule has 0 bridgehead atoms. The lowest BCUT2D eigenvalue weighted by atomic mass is 10.0. The molecule has 0 aliphatic rings. The molecule has 3 unspecified atom stereocenters. The lowest BCUT2D eigenvalue weighted by Gasteiger charge is -2.21. The quantitative estimate of drug-likeness (QED) is 0.537. The van der Waals surface area contributed by atoms with Crippen LogP contribution in [0.2, 0.25) is 0 Å². The van der Waals surface area contributed by atoms with E-state index in [2.05, 4.69) is 5.32 Å². The van der Waals surface area contributed by atoms with Gasteiger partial charge in [0.2, 0.25) is 5.91 Å². The maximum atomic E-state index is 11.6. The maximum Gasteiger partial charge on any atom is 0.224 e. The van der Waals surface area contributed by atoms with E-state index in [1.807, 2.05) is 0 Å². The van der Waals surface area contributed by atoms with Crippen LogP contribution >= 0.6 is 0 Å². The van der Waals surface area contributed by atoms with Gasteiger partial charge in [0, 0.05) is 25.7 Å². The van der Waals surface area contributed by atoms with E-state index in [1.54, 1.807) is 21.0 Å². The van der Waals surface area contributed by atoms with E-state index < -0.39 is 0 Å². The highest BCUT2D eigenvalue weighted by Crippen LogP contribution is 2.01. The lowest BCUT2D eigenvalue weighted by molar-refractivity contribution is -0.126. The number of nitrogens with two attached hydrogens (primary N) is 1. The van der Waals surface area contributed by atoms with E-state index >= 15 is 0 Å². The molecule has 0 aliphatic carbocycles. The van der Waals surface area contributed by atoms with Crippen LogP contribution in [0.4, 0.5) is 0 Å². The Bertz CT molecular complexity index is 180. The second-order valence-electron chi connectivity index (χ2n) is 3.82. The van der Waals surface area contributed by atoms with E-state index in [1.165, 1.54) is 0 Å². The molecule has 0 aromatic carbocycles. The van der Waals surface area contributed by atoms with Crippen LogP contribution < -0.4 is 11.1 Å². The van der Waals surface area contributed by atoms with Crippen LogP contribution in [0.25, 0.3) is 0 Å². The van der Waals surface area contributed by atoms with Crippen molar-refractivity contribution >= 4 is 5.91 Å². The first kappa shape index (κ1) is 14.3. The standard InChI is InChI=1S/C10H22N2O3/c1-7(8(2)11)10(14)12-9(4-5-13)6-15-3/h7-9,13H,4-6,11H2,1-3H3,(H,12,14). The fourth-order valence-corrected chi connectivity index (χ4v) is 1.13. The van der Waals surface area contributed by atoms with E-state index in [9.17, 15) is 4.79 Å². The molecule has 0 rings (SSSR count). The van der Waals surface area contributed by atoms with Crippen molar-refractivity contribution in [3.63, 3.8) is 0 Å². The molecule has 4 N–H and O–H groups in total. The van der Waals surface area contributed by atoms with Crippen LogP contribution in [0.1, 0.15) is 20.3 Å². The third kappa shape index (κ3) is 5.71. The van der Waals surface area contributed by atoms with Gasteiger partial charge in [-0.2, -0.15) is 0 Å². The number of hydrogen-bond donors (Lipinski definition) is 3. The van der Waals surface area contributed by atoms with Crippen molar-refractivity contribution in [3.8, 4) is 0 Å². The van der Waals surface area contributed by atoms with Gasteiger partial charge in [-0.25, -0.2) is 0 Å². The summed E-state index contributed by atoms with van der Waals surface area (Å²) < 4.78 is 4.94. The van der Waals surface area contributed by atoms with Crippen molar-refractivity contribution in [1.29, 1.82) is 0 Å². The van der Waals surface area contributed by atoms with Gasteiger partial charge in [-0.05, 0) is 13.3 Å². The molecule has 5 nitrogen and oxygen atoms in total. The molecule has 0 aliphatic heterocycles. The van der Waals surface area contributed by atoms with Crippen molar-refractivity contribution < 1.29 is 14.6 Å². The topological polar surface area (TPSA) is 84.6 Å². The predicted octanol–water partition coefficient (Wildman–Crippen LogP) is -0.517. The Morgan fingerprint density at radius 2 is 2.13 bits per heavy atom. The summed E-state index contributed by atoms with van der Waals surface area (Å²) in [5, 5.41) is 11.6. The fraction of sp³-hybridized carbons (Fsp3) is 0.900. The van der Waals surface area contributed by atoms with E-state index in [0.29, 0.717) is 13.0 Å². The van der Waals surface area contributed by atoms with Crippen molar-refractivity contribution in [2.24, 2.45) is 11.7 Å². The number of carbonyl (C=O) groups excluding carboxylic acids is 1. The minimum atomic E-state index is -0.233. The summed E-state index contributed by atoms with van der Waals surface area (Å²) in [6, 6.07) is -0.323. The number of nitrogens with one attached hydrogen (secondary N) is 1. The largest absolute Gasteiger partial charge is 0.396 e. The van der Waals surface area contributed by atoms with E-state index in [0.717, 1.165) is 0 Å². The Hall–Kier alpha value is -0.650. The Labute approximate surface area is 91.0 Å². The molecule has 5 heteroatoms. The molecule has 90 valence electrons. The minimum absolute atomic E-state index is 0.0286. The van der Waals surface area contributed by atoms with Gasteiger partial charge in [-0.1, -0.05) is 6.92 Å². The van der Waals surface area contributed by atoms with Crippen LogP contribution in [-0.2, 0) is 9.53 Å². The zero-order valence-corrected chi connectivity index (χ0v) is 9.69. The first-order valence-electron chi connectivity index (χ1n) is 5.18. The number of ether oxygens (including phenoxy) is 1. The summed E-state index contributed by atoms with van der Waals surface area (Å²) in [5.41, 5.74) is 5.62. The highest BCUT2D eigenvalue weighted by Gasteiger charge is 2.20. The van der Waals surface area contributed by atoms with Crippen LogP contribution in [0.5, 0.6) is 0 Å². The maximum absolute atomic E-state index is 11.6. The molecule has 0 aromatic heterocycles. The average Bonchev–Trinajstić information content (AvgIpc) is 2.17. The van der Waals surface area contributed by atoms with E-state index in [4.69, 9.17) is 15.6 Å². The second-order valence-corrected chi connectivity index (χ2v) is 3.82. The third-order valence-electron chi connectivity index (χ3n) is 2.39. The average molecular weight is 218 g/mol. The van der Waals surface area contributed by atoms with Crippen molar-refractivity contribution in [2.75, 3.05) is 20.3 Å². The van der Waals surface area contributed by atoms with Gasteiger partial charge in [0.15, 0.2) is 0 Å². The van der Waals surface area contributed by atoms with Gasteiger partial charge in [0.25, 0.3) is 0 Å². The lowest BCUT2D eigenvalue weighted by Crippen LogP contribution is -2.45. The van der Waals surface area contributed by atoms with E-state index in [-0.39, 0.29) is 30.5 Å². The van der Waals surface area contributed by atoms with Gasteiger partial charge in [0.1, 0.15) is 0 Å². The van der Waals surface area contributed by atoms with Crippen LogP contribution in [0.3, 0.4) is 0 Å². The predicted molar refractivity (Wildman–Crippen MR) is 58.3 cm³/mol. The Kier molecular flexibility index (Phi) is 7.29. The van der Waals surface area contributed by atoms with Crippen LogP contribution in [0, 0.1) is 5.92 Å². The minimum Gasteiger partial charge on any atom is -0.396 e. The van der Waals surface area contributed by atoms with Gasteiger partial charge < -0.3 is 20.9 Å². The summed E-state index contributed by atoms with van der Waals surface area (Å²) in [6.45, 7) is 4.00. The molecule has 0 spiro atoms. The first-order valence-corrected chi connectivity index (χ1v) is 5.18. The SMILES string of the molecule is COCC(CCO)NC(=O)C(C)C(C)N. The van der Waals surface area contributed by atoms with Gasteiger partial charge in [-0.15, -0.1) is 0 Å². The number of hydrogen-bond acceptors (Lipinski definition) is 4. The van der Waals surface area contributed by atoms with Gasteiger partial charge in [-0.3, -0.25) is 4.79 Å². The first-order chi connectivity index (χ1) is 7.02. The summed E-state index contributed by atoms with van der Waals surface area (Å²) >= 11 is 0. The van der Waals surface area contributed by atoms with Crippen molar-refractivity contribution in [3.05, 3.63) is 0 Å². The number of amides is 1. The Balaban J connectivity index is 4.09. The summed E-state index contributed by atoms with van der Waals surface area (Å²) in [5.74, 6) is -0.330. The molecular formula is C10H22N2O3. The van der Waals surface area contributed by atoms with Crippen LogP contribution in [-0.4, -0.2) is 43.4 Å². The Morgan fingerprint density at radius 1 is 1.53 bits per heavy atom. The highest BCUT2D eigenvalue weighted by atomic mass is 16.5. The third-order valence-corrected chi connectivity index (χ3v) is 2.39. The number of carbonyl (C=O) groups is 1. The molecule has 0 saturated carbocycles. The van der Waals surface area contributed by atoms with Gasteiger partial charge >= 0.3 is 0 Å². The Morgan fingerprint density at radius 3 is 2.53 bits per heavy atom. The van der Waals surface area contributed by atoms with Gasteiger partial charge in [0.05, 0.1) is 12.6 Å².